The summed E-state index contributed by atoms with van der Waals surface area (Å²) in [6.45, 7) is 4.58. The number of anilines is 1. The van der Waals surface area contributed by atoms with E-state index in [9.17, 15) is 33.2 Å². The molecule has 2 aromatic carbocycles. The molecule has 0 radical (unpaired) electrons. The van der Waals surface area contributed by atoms with Crippen LogP contribution in [-0.4, -0.2) is 113 Å². The number of aromatic nitrogens is 2. The number of benzene rings is 2. The third-order valence-electron chi connectivity index (χ3n) is 10.7. The standard InChI is InChI=1S/C39H46FN7O8S/c40-27-18-24(19-29-35(27)37(51)44-31(43-29)22-56-25-10-16-54-17-11-25)55-21-23-8-14-46(15-9-23)20-33(49)42-13-2-1-12-41-28-5-3-4-26-34(28)39(53)47(38(26)52)30-6-7-32(48)45-36(30)50/h3-5,18-19,23,25,30,41H,1-2,6-17,20-22H2,(H,42,49)(H,43,44,51)(H,45,48,50). The Balaban J connectivity index is 0.796. The quantitative estimate of drug-likeness (QED) is 0.130. The highest BCUT2D eigenvalue weighted by Gasteiger charge is 2.45. The number of unbranched alkanes of at least 4 members (excludes halogenated alkanes) is 1. The minimum Gasteiger partial charge on any atom is -0.493 e. The molecule has 5 amide bonds. The SMILES string of the molecule is O=C(CN1CCC(COc2cc(F)c3c(=O)[nH]c(CSC4CCOCC4)nc3c2)CC1)NCCCCNc1cccc2c1C(=O)N(C1CCC(=O)NC1=O)C2=O. The highest BCUT2D eigenvalue weighted by Crippen LogP contribution is 2.33. The van der Waals surface area contributed by atoms with Crippen LogP contribution < -0.4 is 26.2 Å². The van der Waals surface area contributed by atoms with Crippen molar-refractivity contribution >= 4 is 57.9 Å². The van der Waals surface area contributed by atoms with E-state index in [1.54, 1.807) is 36.0 Å². The fourth-order valence-electron chi connectivity index (χ4n) is 7.59. The number of rotatable bonds is 15. The van der Waals surface area contributed by atoms with Gasteiger partial charge in [0.25, 0.3) is 17.4 Å². The zero-order valence-electron chi connectivity index (χ0n) is 31.0. The summed E-state index contributed by atoms with van der Waals surface area (Å²) in [6, 6.07) is 6.78. The molecule has 0 spiro atoms. The second-order valence-electron chi connectivity index (χ2n) is 14.6. The maximum Gasteiger partial charge on any atom is 0.264 e. The number of halogens is 1. The van der Waals surface area contributed by atoms with Crippen molar-refractivity contribution in [3.8, 4) is 5.75 Å². The fourth-order valence-corrected chi connectivity index (χ4v) is 8.64. The van der Waals surface area contributed by atoms with E-state index in [-0.39, 0.29) is 53.2 Å². The van der Waals surface area contributed by atoms with E-state index in [0.29, 0.717) is 60.8 Å². The molecular weight excluding hydrogens is 746 g/mol. The number of hydrogen-bond donors (Lipinski definition) is 4. The van der Waals surface area contributed by atoms with Gasteiger partial charge in [-0.3, -0.25) is 43.9 Å². The van der Waals surface area contributed by atoms with Crippen LogP contribution >= 0.6 is 11.8 Å². The molecule has 15 nitrogen and oxygen atoms in total. The van der Waals surface area contributed by atoms with Crippen LogP contribution in [0.2, 0.25) is 0 Å². The number of aromatic amines is 1. The van der Waals surface area contributed by atoms with Gasteiger partial charge in [-0.05, 0) is 76.1 Å². The van der Waals surface area contributed by atoms with Gasteiger partial charge >= 0.3 is 0 Å². The van der Waals surface area contributed by atoms with E-state index < -0.39 is 41.0 Å². The molecule has 4 aliphatic heterocycles. The first kappa shape index (κ1) is 39.4. The van der Waals surface area contributed by atoms with Crippen LogP contribution in [0.25, 0.3) is 10.9 Å². The van der Waals surface area contributed by atoms with Crippen molar-refractivity contribution in [3.63, 3.8) is 0 Å². The molecule has 56 heavy (non-hydrogen) atoms. The lowest BCUT2D eigenvalue weighted by Gasteiger charge is -2.31. The molecule has 17 heteroatoms. The Labute approximate surface area is 326 Å². The van der Waals surface area contributed by atoms with E-state index in [1.165, 1.54) is 6.07 Å². The number of nitrogens with one attached hydrogen (secondary N) is 4. The molecule has 0 aliphatic carbocycles. The molecule has 3 fully saturated rings. The largest absolute Gasteiger partial charge is 0.493 e. The summed E-state index contributed by atoms with van der Waals surface area (Å²) < 4.78 is 26.4. The highest BCUT2D eigenvalue weighted by atomic mass is 32.2. The maximum atomic E-state index is 15.0. The van der Waals surface area contributed by atoms with E-state index in [4.69, 9.17) is 9.47 Å². The number of carbonyl (C=O) groups excluding carboxylic acids is 5. The van der Waals surface area contributed by atoms with Gasteiger partial charge < -0.3 is 25.1 Å². The Morgan fingerprint density at radius 3 is 2.57 bits per heavy atom. The van der Waals surface area contributed by atoms with Gasteiger partial charge in [-0.25, -0.2) is 9.37 Å². The van der Waals surface area contributed by atoms with Crippen LogP contribution in [-0.2, 0) is 24.9 Å². The predicted molar refractivity (Wildman–Crippen MR) is 206 cm³/mol. The van der Waals surface area contributed by atoms with Gasteiger partial charge in [0.05, 0.1) is 35.5 Å². The average Bonchev–Trinajstić information content (AvgIpc) is 3.44. The Morgan fingerprint density at radius 2 is 1.79 bits per heavy atom. The third kappa shape index (κ3) is 9.22. The summed E-state index contributed by atoms with van der Waals surface area (Å²) in [6.07, 6.45) is 5.09. The second-order valence-corrected chi connectivity index (χ2v) is 15.9. The first-order chi connectivity index (χ1) is 27.1. The molecule has 298 valence electrons. The number of piperidine rings is 2. The molecule has 1 unspecified atom stereocenters. The third-order valence-corrected chi connectivity index (χ3v) is 12.1. The summed E-state index contributed by atoms with van der Waals surface area (Å²) in [7, 11) is 0. The number of amides is 5. The van der Waals surface area contributed by atoms with Crippen LogP contribution in [0.15, 0.2) is 35.1 Å². The molecule has 4 N–H and O–H groups in total. The molecule has 7 rings (SSSR count). The Bertz CT molecular complexity index is 2050. The number of imide groups is 2. The highest BCUT2D eigenvalue weighted by molar-refractivity contribution is 7.99. The molecule has 3 saturated heterocycles. The molecule has 3 aromatic rings. The number of hydrogen-bond acceptors (Lipinski definition) is 12. The normalized spacial score (nSPS) is 19.7. The smallest absolute Gasteiger partial charge is 0.264 e. The monoisotopic (exact) mass is 791 g/mol. The first-order valence-electron chi connectivity index (χ1n) is 19.3. The molecule has 1 atom stereocenters. The lowest BCUT2D eigenvalue weighted by atomic mass is 9.98. The van der Waals surface area contributed by atoms with Crippen molar-refractivity contribution in [1.82, 2.24) is 30.4 Å². The number of H-pyrrole nitrogens is 1. The molecule has 5 heterocycles. The van der Waals surface area contributed by atoms with Gasteiger partial charge in [0, 0.05) is 55.8 Å². The van der Waals surface area contributed by atoms with Crippen molar-refractivity contribution < 1.29 is 37.8 Å². The van der Waals surface area contributed by atoms with E-state index in [0.717, 1.165) is 56.9 Å². The number of likely N-dealkylation sites (tertiary alicyclic amines) is 1. The van der Waals surface area contributed by atoms with Crippen molar-refractivity contribution in [3.05, 3.63) is 63.5 Å². The summed E-state index contributed by atoms with van der Waals surface area (Å²) in [4.78, 5) is 86.0. The molecule has 0 bridgehead atoms. The van der Waals surface area contributed by atoms with E-state index in [2.05, 4.69) is 30.8 Å². The Hall–Kier alpha value is -4.87. The van der Waals surface area contributed by atoms with Crippen molar-refractivity contribution in [2.45, 2.75) is 68.4 Å². The number of thioether (sulfide) groups is 1. The van der Waals surface area contributed by atoms with Crippen molar-refractivity contribution in [2.75, 3.05) is 57.9 Å². The molecule has 0 saturated carbocycles. The number of carbonyl (C=O) groups is 5. The predicted octanol–water partition coefficient (Wildman–Crippen LogP) is 2.97. The average molecular weight is 792 g/mol. The second kappa shape index (κ2) is 17.9. The number of fused-ring (bicyclic) bond motifs is 2. The maximum absolute atomic E-state index is 15.0. The summed E-state index contributed by atoms with van der Waals surface area (Å²) in [5.74, 6) is -1.31. The Kier molecular flexibility index (Phi) is 12.6. The number of nitrogens with zero attached hydrogens (tertiary/aromatic N) is 3. The van der Waals surface area contributed by atoms with Gasteiger partial charge in [-0.2, -0.15) is 11.8 Å². The van der Waals surface area contributed by atoms with E-state index in [1.807, 2.05) is 0 Å². The van der Waals surface area contributed by atoms with Gasteiger partial charge in [0.15, 0.2) is 0 Å². The van der Waals surface area contributed by atoms with Crippen molar-refractivity contribution in [1.29, 1.82) is 0 Å². The zero-order valence-corrected chi connectivity index (χ0v) is 31.8. The van der Waals surface area contributed by atoms with Crippen LogP contribution in [0.3, 0.4) is 0 Å². The topological polar surface area (TPSA) is 192 Å². The molecule has 4 aliphatic rings. The van der Waals surface area contributed by atoms with E-state index >= 15 is 0 Å². The first-order valence-corrected chi connectivity index (χ1v) is 20.3. The zero-order chi connectivity index (χ0) is 39.2. The lowest BCUT2D eigenvalue weighted by molar-refractivity contribution is -0.136. The van der Waals surface area contributed by atoms with Crippen LogP contribution in [0.1, 0.15) is 77.9 Å². The summed E-state index contributed by atoms with van der Waals surface area (Å²) in [5.41, 5.74) is 0.707. The lowest BCUT2D eigenvalue weighted by Crippen LogP contribution is -2.54. The van der Waals surface area contributed by atoms with Gasteiger partial charge in [-0.15, -0.1) is 0 Å². The fraction of sp³-hybridized carbons (Fsp3) is 0.513. The van der Waals surface area contributed by atoms with Crippen LogP contribution in [0.4, 0.5) is 10.1 Å². The van der Waals surface area contributed by atoms with Gasteiger partial charge in [0.2, 0.25) is 17.7 Å². The minimum atomic E-state index is -1.02. The van der Waals surface area contributed by atoms with Crippen molar-refractivity contribution in [2.24, 2.45) is 5.92 Å². The summed E-state index contributed by atoms with van der Waals surface area (Å²) in [5, 5.41) is 8.76. The minimum absolute atomic E-state index is 0.0553. The van der Waals surface area contributed by atoms with Gasteiger partial charge in [-0.1, -0.05) is 6.07 Å². The van der Waals surface area contributed by atoms with Crippen LogP contribution in [0.5, 0.6) is 5.75 Å². The molecule has 1 aromatic heterocycles. The molecular formula is C39H46FN7O8S. The Morgan fingerprint density at radius 1 is 1.00 bits per heavy atom. The van der Waals surface area contributed by atoms with Crippen LogP contribution in [0, 0.1) is 11.7 Å². The number of ether oxygens (including phenoxy) is 2. The van der Waals surface area contributed by atoms with Gasteiger partial charge in [0.1, 0.15) is 28.8 Å². The summed E-state index contributed by atoms with van der Waals surface area (Å²) >= 11 is 1.72.